The summed E-state index contributed by atoms with van der Waals surface area (Å²) in [4.78, 5) is 10.7. The summed E-state index contributed by atoms with van der Waals surface area (Å²) < 4.78 is 11.3. The highest BCUT2D eigenvalue weighted by atomic mass is 16.5. The van der Waals surface area contributed by atoms with Gasteiger partial charge in [0.2, 0.25) is 0 Å². The predicted molar refractivity (Wildman–Crippen MR) is 86.2 cm³/mol. The second kappa shape index (κ2) is 6.10. The first-order chi connectivity index (χ1) is 10.3. The normalized spacial score (nSPS) is 16.7. The zero-order valence-corrected chi connectivity index (χ0v) is 13.2. The molecule has 0 saturated heterocycles. The lowest BCUT2D eigenvalue weighted by Gasteiger charge is -2.32. The largest absolute Gasteiger partial charge is 0.497 e. The first-order valence-electron chi connectivity index (χ1n) is 7.00. The van der Waals surface area contributed by atoms with Gasteiger partial charge in [-0.25, -0.2) is 4.79 Å². The molecule has 0 radical (unpaired) electrons. The zero-order valence-electron chi connectivity index (χ0n) is 13.2. The van der Waals surface area contributed by atoms with Crippen LogP contribution in [-0.4, -0.2) is 23.8 Å². The van der Waals surface area contributed by atoms with Crippen LogP contribution in [-0.2, 0) is 4.79 Å². The number of methoxy groups -OCH3 is 1. The third kappa shape index (κ3) is 3.58. The van der Waals surface area contributed by atoms with Gasteiger partial charge < -0.3 is 14.6 Å². The molecule has 0 spiro atoms. The Bertz CT molecular complexity index is 678. The number of hydrogen-bond donors (Lipinski definition) is 1. The minimum absolute atomic E-state index is 0.485. The SMILES string of the molecule is COc1ccc2c(c1)C=C(C=CC(C)=CC(=O)O)C(C)(C)O2. The van der Waals surface area contributed by atoms with E-state index >= 15 is 0 Å². The standard InChI is InChI=1S/C18H20O4/c1-12(9-17(19)20)5-6-14-10-13-11-15(21-4)7-8-16(13)22-18(14,2)3/h5-11H,1-4H3,(H,19,20). The van der Waals surface area contributed by atoms with Crippen LogP contribution in [0.1, 0.15) is 26.3 Å². The number of allylic oxidation sites excluding steroid dienone is 2. The first kappa shape index (κ1) is 15.9. The Labute approximate surface area is 130 Å². The van der Waals surface area contributed by atoms with Crippen molar-refractivity contribution in [3.05, 3.63) is 53.1 Å². The van der Waals surface area contributed by atoms with Gasteiger partial charge >= 0.3 is 5.97 Å². The van der Waals surface area contributed by atoms with Gasteiger partial charge in [-0.05, 0) is 56.2 Å². The minimum atomic E-state index is -0.953. The van der Waals surface area contributed by atoms with Gasteiger partial charge in [-0.2, -0.15) is 0 Å². The smallest absolute Gasteiger partial charge is 0.328 e. The van der Waals surface area contributed by atoms with E-state index in [0.717, 1.165) is 22.6 Å². The Hall–Kier alpha value is -2.49. The van der Waals surface area contributed by atoms with E-state index in [0.29, 0.717) is 5.57 Å². The van der Waals surface area contributed by atoms with Crippen LogP contribution in [0.15, 0.2) is 47.6 Å². The summed E-state index contributed by atoms with van der Waals surface area (Å²) >= 11 is 0. The van der Waals surface area contributed by atoms with Crippen molar-refractivity contribution in [3.8, 4) is 11.5 Å². The number of carboxylic acid groups (broad SMARTS) is 1. The van der Waals surface area contributed by atoms with Crippen LogP contribution in [0.25, 0.3) is 6.08 Å². The maximum absolute atomic E-state index is 10.7. The van der Waals surface area contributed by atoms with Crippen LogP contribution >= 0.6 is 0 Å². The van der Waals surface area contributed by atoms with E-state index < -0.39 is 11.6 Å². The summed E-state index contributed by atoms with van der Waals surface area (Å²) in [7, 11) is 1.62. The Kier molecular flexibility index (Phi) is 4.40. The third-order valence-corrected chi connectivity index (χ3v) is 3.47. The molecule has 1 aromatic carbocycles. The van der Waals surface area contributed by atoms with Crippen LogP contribution in [0.3, 0.4) is 0 Å². The molecule has 0 amide bonds. The van der Waals surface area contributed by atoms with Crippen LogP contribution in [0.2, 0.25) is 0 Å². The van der Waals surface area contributed by atoms with Crippen LogP contribution in [0.5, 0.6) is 11.5 Å². The van der Waals surface area contributed by atoms with Crippen molar-refractivity contribution < 1.29 is 19.4 Å². The molecule has 1 heterocycles. The summed E-state index contributed by atoms with van der Waals surface area (Å²) in [5.41, 5.74) is 2.09. The van der Waals surface area contributed by atoms with Crippen molar-refractivity contribution >= 4 is 12.0 Å². The fraction of sp³-hybridized carbons (Fsp3) is 0.278. The van der Waals surface area contributed by atoms with Crippen LogP contribution in [0, 0.1) is 0 Å². The maximum Gasteiger partial charge on any atom is 0.328 e. The lowest BCUT2D eigenvalue weighted by molar-refractivity contribution is -0.131. The van der Waals surface area contributed by atoms with Crippen molar-refractivity contribution in [2.24, 2.45) is 0 Å². The molecule has 0 atom stereocenters. The van der Waals surface area contributed by atoms with E-state index in [1.807, 2.05) is 44.2 Å². The maximum atomic E-state index is 10.7. The molecule has 4 nitrogen and oxygen atoms in total. The average Bonchev–Trinajstić information content (AvgIpc) is 2.43. The van der Waals surface area contributed by atoms with Crippen molar-refractivity contribution in [1.82, 2.24) is 0 Å². The van der Waals surface area contributed by atoms with Crippen LogP contribution in [0.4, 0.5) is 0 Å². The van der Waals surface area contributed by atoms with Gasteiger partial charge in [0.1, 0.15) is 17.1 Å². The summed E-state index contributed by atoms with van der Waals surface area (Å²) in [6.07, 6.45) is 6.87. The Morgan fingerprint density at radius 1 is 1.36 bits per heavy atom. The summed E-state index contributed by atoms with van der Waals surface area (Å²) in [5, 5.41) is 8.75. The van der Waals surface area contributed by atoms with E-state index in [1.165, 1.54) is 6.08 Å². The van der Waals surface area contributed by atoms with Gasteiger partial charge in [-0.3, -0.25) is 0 Å². The molecular weight excluding hydrogens is 280 g/mol. The summed E-state index contributed by atoms with van der Waals surface area (Å²) in [6.45, 7) is 5.71. The number of benzene rings is 1. The lowest BCUT2D eigenvalue weighted by Crippen LogP contribution is -2.32. The number of ether oxygens (including phenoxy) is 2. The predicted octanol–water partition coefficient (Wildman–Crippen LogP) is 3.84. The number of carboxylic acids is 1. The molecule has 0 unspecified atom stereocenters. The van der Waals surface area contributed by atoms with Gasteiger partial charge in [-0.1, -0.05) is 12.2 Å². The topological polar surface area (TPSA) is 55.8 Å². The van der Waals surface area contributed by atoms with Crippen molar-refractivity contribution in [2.75, 3.05) is 7.11 Å². The molecule has 0 fully saturated rings. The molecular formula is C18H20O4. The molecule has 1 aliphatic heterocycles. The second-order valence-electron chi connectivity index (χ2n) is 5.68. The van der Waals surface area contributed by atoms with Gasteiger partial charge in [0.15, 0.2) is 0 Å². The highest BCUT2D eigenvalue weighted by molar-refractivity contribution is 5.81. The lowest BCUT2D eigenvalue weighted by atomic mass is 9.91. The fourth-order valence-electron chi connectivity index (χ4n) is 2.25. The van der Waals surface area contributed by atoms with E-state index in [1.54, 1.807) is 20.1 Å². The Morgan fingerprint density at radius 3 is 2.73 bits per heavy atom. The van der Waals surface area contributed by atoms with Gasteiger partial charge in [0, 0.05) is 11.6 Å². The van der Waals surface area contributed by atoms with E-state index in [-0.39, 0.29) is 0 Å². The molecule has 4 heteroatoms. The molecule has 116 valence electrons. The number of aliphatic carboxylic acids is 1. The van der Waals surface area contributed by atoms with Crippen molar-refractivity contribution in [1.29, 1.82) is 0 Å². The summed E-state index contributed by atoms with van der Waals surface area (Å²) in [5.74, 6) is 0.620. The number of rotatable bonds is 4. The average molecular weight is 300 g/mol. The molecule has 0 aliphatic carbocycles. The number of hydrogen-bond acceptors (Lipinski definition) is 3. The van der Waals surface area contributed by atoms with E-state index in [2.05, 4.69) is 0 Å². The van der Waals surface area contributed by atoms with Gasteiger partial charge in [0.05, 0.1) is 7.11 Å². The quantitative estimate of drug-likeness (QED) is 0.678. The highest BCUT2D eigenvalue weighted by Crippen LogP contribution is 2.37. The molecule has 22 heavy (non-hydrogen) atoms. The van der Waals surface area contributed by atoms with Gasteiger partial charge in [-0.15, -0.1) is 0 Å². The van der Waals surface area contributed by atoms with Crippen molar-refractivity contribution in [3.63, 3.8) is 0 Å². The Morgan fingerprint density at radius 2 is 2.09 bits per heavy atom. The second-order valence-corrected chi connectivity index (χ2v) is 5.68. The van der Waals surface area contributed by atoms with Gasteiger partial charge in [0.25, 0.3) is 0 Å². The molecule has 0 saturated carbocycles. The minimum Gasteiger partial charge on any atom is -0.497 e. The summed E-state index contributed by atoms with van der Waals surface area (Å²) in [6, 6.07) is 5.67. The molecule has 1 aromatic rings. The van der Waals surface area contributed by atoms with E-state index in [4.69, 9.17) is 14.6 Å². The van der Waals surface area contributed by atoms with E-state index in [9.17, 15) is 4.79 Å². The Balaban J connectivity index is 2.38. The molecule has 0 bridgehead atoms. The van der Waals surface area contributed by atoms with Crippen molar-refractivity contribution in [2.45, 2.75) is 26.4 Å². The highest BCUT2D eigenvalue weighted by Gasteiger charge is 2.28. The molecule has 2 rings (SSSR count). The first-order valence-corrected chi connectivity index (χ1v) is 7.00. The molecule has 1 N–H and O–H groups in total. The monoisotopic (exact) mass is 300 g/mol. The molecule has 1 aliphatic rings. The molecule has 0 aromatic heterocycles. The fourth-order valence-corrected chi connectivity index (χ4v) is 2.25. The zero-order chi connectivity index (χ0) is 16.3. The number of carbonyl (C=O) groups is 1. The van der Waals surface area contributed by atoms with Crippen LogP contribution < -0.4 is 9.47 Å². The number of fused-ring (bicyclic) bond motifs is 1. The third-order valence-electron chi connectivity index (χ3n) is 3.47.